The first-order valence-corrected chi connectivity index (χ1v) is 11.8. The fourth-order valence-corrected chi connectivity index (χ4v) is 5.32. The first-order chi connectivity index (χ1) is 14.8. The molecular formula is C20H22N8S2. The Bertz CT molecular complexity index is 998. The molecule has 8 nitrogen and oxygen atoms in total. The molecule has 5 rings (SSSR count). The minimum absolute atomic E-state index is 0.642. The molecule has 0 spiro atoms. The molecule has 30 heavy (non-hydrogen) atoms. The van der Waals surface area contributed by atoms with Gasteiger partial charge < -0.3 is 19.6 Å². The Balaban J connectivity index is 1.28. The molecule has 10 heteroatoms. The molecule has 2 fully saturated rings. The fraction of sp³-hybridized carbons (Fsp3) is 0.400. The van der Waals surface area contributed by atoms with E-state index in [0.29, 0.717) is 5.56 Å². The number of nitrogens with zero attached hydrogens (tertiary/aromatic N) is 8. The largest absolute Gasteiger partial charge is 0.353 e. The van der Waals surface area contributed by atoms with E-state index in [1.807, 2.05) is 35.3 Å². The number of rotatable bonds is 4. The van der Waals surface area contributed by atoms with Gasteiger partial charge in [-0.3, -0.25) is 0 Å². The summed E-state index contributed by atoms with van der Waals surface area (Å²) in [5, 5.41) is 15.8. The predicted molar refractivity (Wildman–Crippen MR) is 122 cm³/mol. The van der Waals surface area contributed by atoms with Crippen molar-refractivity contribution in [2.24, 2.45) is 0 Å². The van der Waals surface area contributed by atoms with Crippen LogP contribution in [-0.4, -0.2) is 67.3 Å². The first-order valence-electron chi connectivity index (χ1n) is 10.0. The number of piperazine rings is 2. The third-order valence-electron chi connectivity index (χ3n) is 5.54. The number of thiazole rings is 2. The number of pyridine rings is 1. The van der Waals surface area contributed by atoms with E-state index < -0.39 is 0 Å². The molecule has 0 amide bonds. The van der Waals surface area contributed by atoms with Crippen LogP contribution in [0.4, 0.5) is 21.9 Å². The van der Waals surface area contributed by atoms with Crippen LogP contribution in [0.1, 0.15) is 5.56 Å². The van der Waals surface area contributed by atoms with Crippen LogP contribution in [0.3, 0.4) is 0 Å². The lowest BCUT2D eigenvalue weighted by Crippen LogP contribution is -2.48. The lowest BCUT2D eigenvalue weighted by molar-refractivity contribution is 0.635. The summed E-state index contributed by atoms with van der Waals surface area (Å²) in [4.78, 5) is 22.9. The second kappa shape index (κ2) is 8.45. The van der Waals surface area contributed by atoms with Crippen molar-refractivity contribution in [2.75, 3.05) is 72.0 Å². The zero-order valence-electron chi connectivity index (χ0n) is 16.5. The van der Waals surface area contributed by atoms with Crippen LogP contribution in [0.2, 0.25) is 0 Å². The lowest BCUT2D eigenvalue weighted by atomic mass is 10.2. The van der Waals surface area contributed by atoms with Crippen molar-refractivity contribution in [3.05, 3.63) is 40.8 Å². The average Bonchev–Trinajstić information content (AvgIpc) is 3.54. The molecule has 154 valence electrons. The first kappa shape index (κ1) is 19.1. The van der Waals surface area contributed by atoms with Crippen LogP contribution >= 0.6 is 22.7 Å². The molecule has 0 bridgehead atoms. The third kappa shape index (κ3) is 3.78. The van der Waals surface area contributed by atoms with Crippen LogP contribution in [0.25, 0.3) is 0 Å². The Morgan fingerprint density at radius 1 is 0.733 bits per heavy atom. The van der Waals surface area contributed by atoms with Gasteiger partial charge in [-0.2, -0.15) is 5.26 Å². The molecule has 0 radical (unpaired) electrons. The van der Waals surface area contributed by atoms with Gasteiger partial charge in [-0.15, -0.1) is 22.7 Å². The third-order valence-corrected chi connectivity index (χ3v) is 7.21. The SMILES string of the molecule is N#Cc1ccc(N2CCN(c3nccs3)CC2)nc1N1CCN(c2nccs2)CC1. The zero-order valence-corrected chi connectivity index (χ0v) is 18.1. The second-order valence-electron chi connectivity index (χ2n) is 7.23. The van der Waals surface area contributed by atoms with Crippen LogP contribution in [0, 0.1) is 11.3 Å². The minimum atomic E-state index is 0.642. The Hall–Kier alpha value is -2.90. The van der Waals surface area contributed by atoms with Gasteiger partial charge in [-0.05, 0) is 12.1 Å². The van der Waals surface area contributed by atoms with Crippen molar-refractivity contribution in [3.8, 4) is 6.07 Å². The van der Waals surface area contributed by atoms with Gasteiger partial charge in [0.15, 0.2) is 10.3 Å². The van der Waals surface area contributed by atoms with Crippen molar-refractivity contribution in [3.63, 3.8) is 0 Å². The Labute approximate surface area is 183 Å². The highest BCUT2D eigenvalue weighted by atomic mass is 32.1. The topological polar surface area (TPSA) is 75.4 Å². The lowest BCUT2D eigenvalue weighted by Gasteiger charge is -2.37. The summed E-state index contributed by atoms with van der Waals surface area (Å²) in [6.45, 7) is 7.10. The molecule has 0 aliphatic carbocycles. The van der Waals surface area contributed by atoms with Gasteiger partial charge in [-0.1, -0.05) is 0 Å². The summed E-state index contributed by atoms with van der Waals surface area (Å²) in [6.07, 6.45) is 3.70. The molecule has 3 aromatic heterocycles. The van der Waals surface area contributed by atoms with Crippen molar-refractivity contribution in [1.29, 1.82) is 5.26 Å². The van der Waals surface area contributed by atoms with E-state index >= 15 is 0 Å². The van der Waals surface area contributed by atoms with Crippen molar-refractivity contribution in [2.45, 2.75) is 0 Å². The molecule has 0 saturated carbocycles. The van der Waals surface area contributed by atoms with Crippen LogP contribution in [0.15, 0.2) is 35.3 Å². The summed E-state index contributed by atoms with van der Waals surface area (Å²) >= 11 is 3.35. The highest BCUT2D eigenvalue weighted by molar-refractivity contribution is 7.13. The molecule has 5 heterocycles. The van der Waals surface area contributed by atoms with E-state index in [-0.39, 0.29) is 0 Å². The van der Waals surface area contributed by atoms with E-state index in [1.165, 1.54) is 0 Å². The van der Waals surface area contributed by atoms with E-state index in [2.05, 4.69) is 35.6 Å². The Kier molecular flexibility index (Phi) is 5.38. The van der Waals surface area contributed by atoms with E-state index in [4.69, 9.17) is 4.98 Å². The minimum Gasteiger partial charge on any atom is -0.353 e. The quantitative estimate of drug-likeness (QED) is 0.615. The molecule has 2 aliphatic heterocycles. The highest BCUT2D eigenvalue weighted by Gasteiger charge is 2.24. The molecule has 2 aliphatic rings. The molecular weight excluding hydrogens is 416 g/mol. The fourth-order valence-electron chi connectivity index (χ4n) is 3.92. The average molecular weight is 439 g/mol. The Morgan fingerprint density at radius 3 is 1.77 bits per heavy atom. The van der Waals surface area contributed by atoms with Gasteiger partial charge >= 0.3 is 0 Å². The number of anilines is 4. The van der Waals surface area contributed by atoms with Gasteiger partial charge in [0.1, 0.15) is 17.7 Å². The monoisotopic (exact) mass is 438 g/mol. The van der Waals surface area contributed by atoms with Gasteiger partial charge in [0.2, 0.25) is 0 Å². The molecule has 3 aromatic rings. The van der Waals surface area contributed by atoms with Crippen molar-refractivity contribution >= 4 is 44.6 Å². The van der Waals surface area contributed by atoms with E-state index in [0.717, 1.165) is 74.3 Å². The van der Waals surface area contributed by atoms with Crippen LogP contribution in [-0.2, 0) is 0 Å². The van der Waals surface area contributed by atoms with E-state index in [9.17, 15) is 5.26 Å². The molecule has 0 N–H and O–H groups in total. The molecule has 2 saturated heterocycles. The number of nitriles is 1. The molecule has 0 aromatic carbocycles. The highest BCUT2D eigenvalue weighted by Crippen LogP contribution is 2.27. The van der Waals surface area contributed by atoms with Gasteiger partial charge in [0.25, 0.3) is 0 Å². The summed E-state index contributed by atoms with van der Waals surface area (Å²) in [7, 11) is 0. The van der Waals surface area contributed by atoms with Crippen molar-refractivity contribution < 1.29 is 0 Å². The molecule has 0 atom stereocenters. The Morgan fingerprint density at radius 2 is 1.27 bits per heavy atom. The maximum absolute atomic E-state index is 9.63. The smallest absolute Gasteiger partial charge is 0.185 e. The second-order valence-corrected chi connectivity index (χ2v) is 8.98. The zero-order chi connectivity index (χ0) is 20.3. The maximum atomic E-state index is 9.63. The van der Waals surface area contributed by atoms with Gasteiger partial charge in [0, 0.05) is 75.5 Å². The number of aromatic nitrogens is 3. The predicted octanol–water partition coefficient (Wildman–Crippen LogP) is 2.52. The molecule has 0 unspecified atom stereocenters. The summed E-state index contributed by atoms with van der Waals surface area (Å²) in [5.74, 6) is 1.75. The van der Waals surface area contributed by atoms with Crippen LogP contribution < -0.4 is 19.6 Å². The number of hydrogen-bond acceptors (Lipinski definition) is 10. The van der Waals surface area contributed by atoms with Gasteiger partial charge in [0.05, 0.1) is 5.56 Å². The maximum Gasteiger partial charge on any atom is 0.185 e. The summed E-state index contributed by atoms with van der Waals surface area (Å²) < 4.78 is 0. The van der Waals surface area contributed by atoms with Crippen molar-refractivity contribution in [1.82, 2.24) is 15.0 Å². The number of hydrogen-bond donors (Lipinski definition) is 0. The van der Waals surface area contributed by atoms with E-state index in [1.54, 1.807) is 22.7 Å². The standard InChI is InChI=1S/C20H22N8S2/c21-15-16-1-2-17(25-5-9-27(10-6-25)19-22-3-13-29-19)24-18(16)26-7-11-28(12-8-26)20-23-4-14-30-20/h1-4,13-14H,5-12H2. The summed E-state index contributed by atoms with van der Waals surface area (Å²) in [6, 6.07) is 6.22. The normalized spacial score (nSPS) is 17.3. The van der Waals surface area contributed by atoms with Gasteiger partial charge in [-0.25, -0.2) is 15.0 Å². The summed E-state index contributed by atoms with van der Waals surface area (Å²) in [5.41, 5.74) is 0.642. The van der Waals surface area contributed by atoms with Crippen LogP contribution in [0.5, 0.6) is 0 Å².